The van der Waals surface area contributed by atoms with E-state index < -0.39 is 0 Å². The molecule has 0 spiro atoms. The smallest absolute Gasteiger partial charge is 0.227 e. The second-order valence-corrected chi connectivity index (χ2v) is 4.43. The molecule has 0 aliphatic heterocycles. The van der Waals surface area contributed by atoms with Crippen LogP contribution in [0.1, 0.15) is 34.1 Å². The fourth-order valence-electron chi connectivity index (χ4n) is 1.44. The Morgan fingerprint density at radius 1 is 1.38 bits per heavy atom. The van der Waals surface area contributed by atoms with Crippen LogP contribution in [0.15, 0.2) is 0 Å². The number of rotatable bonds is 7. The highest BCUT2D eigenvalue weighted by Crippen LogP contribution is 2.11. The van der Waals surface area contributed by atoms with E-state index in [-0.39, 0.29) is 23.9 Å². The second kappa shape index (κ2) is 7.63. The van der Waals surface area contributed by atoms with E-state index in [2.05, 4.69) is 13.8 Å². The zero-order chi connectivity index (χ0) is 12.7. The molecule has 0 radical (unpaired) electrons. The third-order valence-electron chi connectivity index (χ3n) is 3.12. The number of hydrogen-bond acceptors (Lipinski definition) is 3. The van der Waals surface area contributed by atoms with Gasteiger partial charge in [-0.2, -0.15) is 0 Å². The second-order valence-electron chi connectivity index (χ2n) is 4.43. The van der Waals surface area contributed by atoms with Gasteiger partial charge in [0, 0.05) is 25.7 Å². The molecule has 0 fully saturated rings. The number of ether oxygens (including phenoxy) is 1. The molecule has 0 aromatic carbocycles. The summed E-state index contributed by atoms with van der Waals surface area (Å²) < 4.78 is 5.03. The number of carbonyl (C=O) groups excluding carboxylic acids is 1. The molecule has 0 aliphatic rings. The molecule has 3 atom stereocenters. The molecule has 0 bridgehead atoms. The highest BCUT2D eigenvalue weighted by Gasteiger charge is 2.25. The van der Waals surface area contributed by atoms with Gasteiger partial charge in [-0.3, -0.25) is 4.79 Å². The molecule has 0 saturated heterocycles. The predicted molar refractivity (Wildman–Crippen MR) is 66.2 cm³/mol. The van der Waals surface area contributed by atoms with Gasteiger partial charge in [-0.05, 0) is 20.3 Å². The first kappa shape index (κ1) is 15.4. The van der Waals surface area contributed by atoms with Crippen molar-refractivity contribution in [2.75, 3.05) is 20.3 Å². The predicted octanol–water partition coefficient (Wildman–Crippen LogP) is 1.24. The lowest BCUT2D eigenvalue weighted by Crippen LogP contribution is -2.47. The van der Waals surface area contributed by atoms with Gasteiger partial charge in [0.05, 0.1) is 12.5 Å². The quantitative estimate of drug-likeness (QED) is 0.716. The van der Waals surface area contributed by atoms with Crippen LogP contribution in [-0.2, 0) is 9.53 Å². The lowest BCUT2D eigenvalue weighted by Gasteiger charge is -2.32. The minimum absolute atomic E-state index is 0.110. The lowest BCUT2D eigenvalue weighted by molar-refractivity contribution is -0.138. The molecule has 0 rings (SSSR count). The van der Waals surface area contributed by atoms with Crippen LogP contribution >= 0.6 is 0 Å². The molecule has 96 valence electrons. The number of nitrogens with two attached hydrogens (primary N) is 1. The third kappa shape index (κ3) is 4.49. The van der Waals surface area contributed by atoms with Crippen LogP contribution in [0.4, 0.5) is 0 Å². The van der Waals surface area contributed by atoms with Crippen molar-refractivity contribution in [2.45, 2.75) is 46.2 Å². The monoisotopic (exact) mass is 230 g/mol. The van der Waals surface area contributed by atoms with Crippen LogP contribution in [0.5, 0.6) is 0 Å². The van der Waals surface area contributed by atoms with Crippen molar-refractivity contribution >= 4 is 5.91 Å². The summed E-state index contributed by atoms with van der Waals surface area (Å²) in [6.45, 7) is 9.10. The van der Waals surface area contributed by atoms with E-state index in [0.29, 0.717) is 13.2 Å². The summed E-state index contributed by atoms with van der Waals surface area (Å²) in [6, 6.07) is 0.130. The van der Waals surface area contributed by atoms with Gasteiger partial charge in [0.1, 0.15) is 0 Å². The topological polar surface area (TPSA) is 55.6 Å². The average Bonchev–Trinajstić information content (AvgIpc) is 2.27. The van der Waals surface area contributed by atoms with Crippen LogP contribution in [0.25, 0.3) is 0 Å². The molecule has 0 aromatic rings. The van der Waals surface area contributed by atoms with Gasteiger partial charge in [-0.25, -0.2) is 0 Å². The fourth-order valence-corrected chi connectivity index (χ4v) is 1.44. The first-order valence-corrected chi connectivity index (χ1v) is 6.00. The van der Waals surface area contributed by atoms with Crippen LogP contribution in [0.2, 0.25) is 0 Å². The molecule has 0 saturated carbocycles. The highest BCUT2D eigenvalue weighted by molar-refractivity contribution is 5.79. The van der Waals surface area contributed by atoms with Crippen LogP contribution in [0.3, 0.4) is 0 Å². The standard InChI is InChI=1S/C12H26N2O2/c1-6-9(2)14(7-8-16-5)12(15)10(3)11(4)13/h9-11H,6-8,13H2,1-5H3. The minimum Gasteiger partial charge on any atom is -0.383 e. The highest BCUT2D eigenvalue weighted by atomic mass is 16.5. The molecule has 3 unspecified atom stereocenters. The van der Waals surface area contributed by atoms with Crippen molar-refractivity contribution in [1.29, 1.82) is 0 Å². The number of hydrogen-bond donors (Lipinski definition) is 1. The number of carbonyl (C=O) groups is 1. The Hall–Kier alpha value is -0.610. The van der Waals surface area contributed by atoms with Crippen molar-refractivity contribution in [3.63, 3.8) is 0 Å². The van der Waals surface area contributed by atoms with E-state index in [1.807, 2.05) is 18.7 Å². The first-order valence-electron chi connectivity index (χ1n) is 6.00. The summed E-state index contributed by atoms with van der Waals surface area (Å²) in [5.41, 5.74) is 5.77. The van der Waals surface area contributed by atoms with Crippen molar-refractivity contribution in [1.82, 2.24) is 4.90 Å². The fraction of sp³-hybridized carbons (Fsp3) is 0.917. The van der Waals surface area contributed by atoms with Gasteiger partial charge < -0.3 is 15.4 Å². The Morgan fingerprint density at radius 3 is 2.31 bits per heavy atom. The molecular formula is C12H26N2O2. The number of nitrogens with zero attached hydrogens (tertiary/aromatic N) is 1. The average molecular weight is 230 g/mol. The van der Waals surface area contributed by atoms with Gasteiger partial charge >= 0.3 is 0 Å². The summed E-state index contributed by atoms with van der Waals surface area (Å²) in [7, 11) is 1.65. The maximum atomic E-state index is 12.2. The Labute approximate surface area is 99.1 Å². The van der Waals surface area contributed by atoms with Gasteiger partial charge in [-0.15, -0.1) is 0 Å². The molecule has 0 heterocycles. The van der Waals surface area contributed by atoms with Crippen molar-refractivity contribution in [3.05, 3.63) is 0 Å². The molecule has 1 amide bonds. The van der Waals surface area contributed by atoms with Gasteiger partial charge in [0.15, 0.2) is 0 Å². The van der Waals surface area contributed by atoms with Crippen molar-refractivity contribution in [2.24, 2.45) is 11.7 Å². The number of methoxy groups -OCH3 is 1. The molecule has 0 aliphatic carbocycles. The van der Waals surface area contributed by atoms with Gasteiger partial charge in [-0.1, -0.05) is 13.8 Å². The maximum Gasteiger partial charge on any atom is 0.227 e. The molecule has 2 N–H and O–H groups in total. The zero-order valence-electron chi connectivity index (χ0n) is 11.2. The largest absolute Gasteiger partial charge is 0.383 e. The summed E-state index contributed by atoms with van der Waals surface area (Å²) in [4.78, 5) is 14.1. The summed E-state index contributed by atoms with van der Waals surface area (Å²) in [5.74, 6) is -0.00717. The minimum atomic E-state index is -0.133. The summed E-state index contributed by atoms with van der Waals surface area (Å²) in [5, 5.41) is 0. The van der Waals surface area contributed by atoms with E-state index >= 15 is 0 Å². The first-order chi connectivity index (χ1) is 7.45. The zero-order valence-corrected chi connectivity index (χ0v) is 11.2. The Morgan fingerprint density at radius 2 is 1.94 bits per heavy atom. The molecule has 0 aromatic heterocycles. The van der Waals surface area contributed by atoms with Gasteiger partial charge in [0.25, 0.3) is 0 Å². The maximum absolute atomic E-state index is 12.2. The SMILES string of the molecule is CCC(C)N(CCOC)C(=O)C(C)C(C)N. The van der Waals surface area contributed by atoms with E-state index in [0.717, 1.165) is 6.42 Å². The summed E-state index contributed by atoms with van der Waals surface area (Å²) >= 11 is 0. The lowest BCUT2D eigenvalue weighted by atomic mass is 10.0. The van der Waals surface area contributed by atoms with E-state index in [4.69, 9.17) is 10.5 Å². The molecule has 4 nitrogen and oxygen atoms in total. The third-order valence-corrected chi connectivity index (χ3v) is 3.12. The number of amides is 1. The van der Waals surface area contributed by atoms with E-state index in [1.165, 1.54) is 0 Å². The Kier molecular flexibility index (Phi) is 7.34. The Balaban J connectivity index is 4.54. The van der Waals surface area contributed by atoms with E-state index in [1.54, 1.807) is 7.11 Å². The molecular weight excluding hydrogens is 204 g/mol. The molecule has 16 heavy (non-hydrogen) atoms. The van der Waals surface area contributed by atoms with E-state index in [9.17, 15) is 4.79 Å². The van der Waals surface area contributed by atoms with Crippen LogP contribution in [-0.4, -0.2) is 43.2 Å². The molecule has 4 heteroatoms. The van der Waals surface area contributed by atoms with Crippen molar-refractivity contribution in [3.8, 4) is 0 Å². The van der Waals surface area contributed by atoms with Crippen LogP contribution in [0, 0.1) is 5.92 Å². The summed E-state index contributed by atoms with van der Waals surface area (Å²) in [6.07, 6.45) is 0.946. The normalized spacial score (nSPS) is 16.6. The Bertz CT molecular complexity index is 207. The van der Waals surface area contributed by atoms with Crippen molar-refractivity contribution < 1.29 is 9.53 Å². The van der Waals surface area contributed by atoms with Crippen LogP contribution < -0.4 is 5.73 Å². The van der Waals surface area contributed by atoms with Gasteiger partial charge in [0.2, 0.25) is 5.91 Å².